The second-order valence-corrected chi connectivity index (χ2v) is 4.81. The van der Waals surface area contributed by atoms with Gasteiger partial charge in [0, 0.05) is 15.3 Å². The second kappa shape index (κ2) is 4.74. The maximum atomic E-state index is 12.0. The zero-order valence-electron chi connectivity index (χ0n) is 8.77. The van der Waals surface area contributed by atoms with Gasteiger partial charge in [-0.15, -0.1) is 0 Å². The molecule has 0 amide bonds. The maximum Gasteiger partial charge on any atom is 0.211 e. The topological polar surface area (TPSA) is 30.0 Å². The van der Waals surface area contributed by atoms with Crippen molar-refractivity contribution in [1.29, 1.82) is 0 Å². The number of ketones is 1. The summed E-state index contributed by atoms with van der Waals surface area (Å²) in [5, 5.41) is 0. The molecule has 0 fully saturated rings. The fourth-order valence-corrected chi connectivity index (χ4v) is 1.92. The number of halogens is 1. The third-order valence-corrected chi connectivity index (χ3v) is 2.90. The monoisotopic (exact) mass is 323 g/mol. The Morgan fingerprint density at radius 1 is 1.25 bits per heavy atom. The summed E-state index contributed by atoms with van der Waals surface area (Å²) in [4.78, 5) is 16.2. The molecule has 0 atom stereocenters. The number of rotatable bonds is 2. The molecular weight excluding hydrogens is 313 g/mol. The van der Waals surface area contributed by atoms with Crippen molar-refractivity contribution in [2.75, 3.05) is 0 Å². The summed E-state index contributed by atoms with van der Waals surface area (Å²) in [7, 11) is 0. The van der Waals surface area contributed by atoms with Crippen LogP contribution < -0.4 is 0 Å². The van der Waals surface area contributed by atoms with Crippen LogP contribution in [0, 0.1) is 10.5 Å². The van der Waals surface area contributed by atoms with Gasteiger partial charge in [-0.25, -0.2) is 0 Å². The van der Waals surface area contributed by atoms with E-state index in [1.54, 1.807) is 12.3 Å². The van der Waals surface area contributed by atoms with Gasteiger partial charge in [0.25, 0.3) is 0 Å². The summed E-state index contributed by atoms with van der Waals surface area (Å²) in [5.41, 5.74) is 2.23. The van der Waals surface area contributed by atoms with E-state index in [0.717, 1.165) is 9.13 Å². The van der Waals surface area contributed by atoms with Crippen molar-refractivity contribution in [3.05, 3.63) is 63.0 Å². The first-order valence-electron chi connectivity index (χ1n) is 4.90. The van der Waals surface area contributed by atoms with Crippen molar-refractivity contribution in [2.45, 2.75) is 6.92 Å². The molecule has 0 unspecified atom stereocenters. The first-order chi connectivity index (χ1) is 7.66. The van der Waals surface area contributed by atoms with Crippen molar-refractivity contribution >= 4 is 28.4 Å². The molecule has 1 heterocycles. The predicted molar refractivity (Wildman–Crippen MR) is 71.6 cm³/mol. The van der Waals surface area contributed by atoms with Crippen LogP contribution in [0.3, 0.4) is 0 Å². The Balaban J connectivity index is 2.35. The fourth-order valence-electron chi connectivity index (χ4n) is 1.38. The van der Waals surface area contributed by atoms with Crippen LogP contribution in [0.1, 0.15) is 21.6 Å². The number of hydrogen-bond acceptors (Lipinski definition) is 2. The van der Waals surface area contributed by atoms with E-state index in [-0.39, 0.29) is 5.78 Å². The van der Waals surface area contributed by atoms with Gasteiger partial charge >= 0.3 is 0 Å². The van der Waals surface area contributed by atoms with Crippen LogP contribution in [0.15, 0.2) is 42.6 Å². The van der Waals surface area contributed by atoms with Gasteiger partial charge < -0.3 is 0 Å². The zero-order valence-corrected chi connectivity index (χ0v) is 10.9. The Morgan fingerprint density at radius 2 is 2.06 bits per heavy atom. The number of aromatic nitrogens is 1. The minimum absolute atomic E-state index is 0.0292. The van der Waals surface area contributed by atoms with Gasteiger partial charge in [0.15, 0.2) is 0 Å². The third-order valence-electron chi connectivity index (χ3n) is 2.23. The molecule has 16 heavy (non-hydrogen) atoms. The molecule has 0 N–H and O–H groups in total. The minimum Gasteiger partial charge on any atom is -0.287 e. The van der Waals surface area contributed by atoms with E-state index in [1.807, 2.05) is 37.3 Å². The smallest absolute Gasteiger partial charge is 0.211 e. The summed E-state index contributed by atoms with van der Waals surface area (Å²) >= 11 is 2.19. The predicted octanol–water partition coefficient (Wildman–Crippen LogP) is 3.23. The Kier molecular flexibility index (Phi) is 3.33. The van der Waals surface area contributed by atoms with E-state index in [9.17, 15) is 4.79 Å². The van der Waals surface area contributed by atoms with E-state index >= 15 is 0 Å². The van der Waals surface area contributed by atoms with Crippen LogP contribution in [0.25, 0.3) is 0 Å². The highest BCUT2D eigenvalue weighted by molar-refractivity contribution is 14.1. The van der Waals surface area contributed by atoms with Gasteiger partial charge in [0.1, 0.15) is 5.69 Å². The highest BCUT2D eigenvalue weighted by atomic mass is 127. The molecule has 0 spiro atoms. The first kappa shape index (κ1) is 11.3. The number of benzene rings is 1. The molecule has 0 saturated heterocycles. The number of pyridine rings is 1. The molecule has 2 nitrogen and oxygen atoms in total. The van der Waals surface area contributed by atoms with Crippen LogP contribution in [0.5, 0.6) is 0 Å². The van der Waals surface area contributed by atoms with E-state index in [0.29, 0.717) is 11.3 Å². The number of nitrogens with zero attached hydrogens (tertiary/aromatic N) is 1. The summed E-state index contributed by atoms with van der Waals surface area (Å²) < 4.78 is 1.05. The first-order valence-corrected chi connectivity index (χ1v) is 5.97. The number of carbonyl (C=O) groups excluding carboxylic acids is 1. The Labute approximate surface area is 108 Å². The molecule has 0 aliphatic heterocycles. The third kappa shape index (κ3) is 2.47. The molecule has 2 aromatic rings. The van der Waals surface area contributed by atoms with Gasteiger partial charge in [-0.05, 0) is 53.3 Å². The maximum absolute atomic E-state index is 12.0. The lowest BCUT2D eigenvalue weighted by Gasteiger charge is -2.01. The molecule has 80 valence electrons. The van der Waals surface area contributed by atoms with Gasteiger partial charge in [0.05, 0.1) is 0 Å². The lowest BCUT2D eigenvalue weighted by molar-refractivity contribution is 0.103. The van der Waals surface area contributed by atoms with Crippen molar-refractivity contribution in [1.82, 2.24) is 4.98 Å². The van der Waals surface area contributed by atoms with Crippen molar-refractivity contribution in [2.24, 2.45) is 0 Å². The number of aryl methyl sites for hydroxylation is 1. The molecule has 0 radical (unpaired) electrons. The molecule has 1 aromatic heterocycles. The van der Waals surface area contributed by atoms with Gasteiger partial charge in [-0.2, -0.15) is 0 Å². The van der Waals surface area contributed by atoms with Crippen LogP contribution in [0.4, 0.5) is 0 Å². The standard InChI is InChI=1S/C13H10INO/c1-9-5-6-12(15-8-9)13(16)10-3-2-4-11(14)7-10/h2-8H,1H3. The van der Waals surface area contributed by atoms with E-state index < -0.39 is 0 Å². The van der Waals surface area contributed by atoms with Crippen LogP contribution in [-0.4, -0.2) is 10.8 Å². The lowest BCUT2D eigenvalue weighted by Crippen LogP contribution is -2.03. The van der Waals surface area contributed by atoms with Gasteiger partial charge in [-0.3, -0.25) is 9.78 Å². The summed E-state index contributed by atoms with van der Waals surface area (Å²) in [5.74, 6) is -0.0292. The molecule has 0 aliphatic carbocycles. The molecule has 1 aromatic carbocycles. The van der Waals surface area contributed by atoms with Crippen molar-refractivity contribution in [3.8, 4) is 0 Å². The molecule has 0 bridgehead atoms. The van der Waals surface area contributed by atoms with E-state index in [4.69, 9.17) is 0 Å². The highest BCUT2D eigenvalue weighted by Crippen LogP contribution is 2.12. The highest BCUT2D eigenvalue weighted by Gasteiger charge is 2.09. The van der Waals surface area contributed by atoms with Crippen LogP contribution in [0.2, 0.25) is 0 Å². The van der Waals surface area contributed by atoms with Gasteiger partial charge in [0.2, 0.25) is 5.78 Å². The molecular formula is C13H10INO. The minimum atomic E-state index is -0.0292. The SMILES string of the molecule is Cc1ccc(C(=O)c2cccc(I)c2)nc1. The summed E-state index contributed by atoms with van der Waals surface area (Å²) in [6.45, 7) is 1.95. The quantitative estimate of drug-likeness (QED) is 0.627. The molecule has 0 saturated carbocycles. The largest absolute Gasteiger partial charge is 0.287 e. The Hall–Kier alpha value is -1.23. The second-order valence-electron chi connectivity index (χ2n) is 3.56. The van der Waals surface area contributed by atoms with Crippen LogP contribution >= 0.6 is 22.6 Å². The Morgan fingerprint density at radius 3 is 2.69 bits per heavy atom. The number of carbonyl (C=O) groups is 1. The normalized spacial score (nSPS) is 10.1. The van der Waals surface area contributed by atoms with Crippen molar-refractivity contribution < 1.29 is 4.79 Å². The molecule has 0 aliphatic rings. The summed E-state index contributed by atoms with van der Waals surface area (Å²) in [6, 6.07) is 11.2. The molecule has 2 rings (SSSR count). The molecule has 3 heteroatoms. The average Bonchev–Trinajstić information content (AvgIpc) is 2.29. The fraction of sp³-hybridized carbons (Fsp3) is 0.0769. The lowest BCUT2D eigenvalue weighted by atomic mass is 10.1. The average molecular weight is 323 g/mol. The van der Waals surface area contributed by atoms with E-state index in [1.165, 1.54) is 0 Å². The van der Waals surface area contributed by atoms with Crippen molar-refractivity contribution in [3.63, 3.8) is 0 Å². The number of hydrogen-bond donors (Lipinski definition) is 0. The summed E-state index contributed by atoms with van der Waals surface area (Å²) in [6.07, 6.45) is 1.71. The van der Waals surface area contributed by atoms with E-state index in [2.05, 4.69) is 27.6 Å². The zero-order chi connectivity index (χ0) is 11.5. The van der Waals surface area contributed by atoms with Crippen LogP contribution in [-0.2, 0) is 0 Å². The van der Waals surface area contributed by atoms with Gasteiger partial charge in [-0.1, -0.05) is 18.2 Å². The Bertz CT molecular complexity index is 520.